The molecule has 5 rings (SSSR count). The Morgan fingerprint density at radius 2 is 1.61 bits per heavy atom. The van der Waals surface area contributed by atoms with Crippen LogP contribution in [0.4, 0.5) is 0 Å². The lowest BCUT2D eigenvalue weighted by atomic mass is 9.33. The molecule has 0 heterocycles. The number of aliphatic hydroxyl groups excluding tert-OH is 1. The van der Waals surface area contributed by atoms with Crippen molar-refractivity contribution in [2.24, 2.45) is 50.2 Å². The van der Waals surface area contributed by atoms with E-state index in [2.05, 4.69) is 54.5 Å². The van der Waals surface area contributed by atoms with Crippen LogP contribution in [0.25, 0.3) is 0 Å². The molecule has 0 aromatic heterocycles. The number of rotatable bonds is 2. The molecule has 0 saturated heterocycles. The van der Waals surface area contributed by atoms with Gasteiger partial charge in [0, 0.05) is 7.11 Å². The summed E-state index contributed by atoms with van der Waals surface area (Å²) in [6.45, 7) is 17.1. The first-order valence-corrected chi connectivity index (χ1v) is 14.6. The Morgan fingerprint density at radius 1 is 0.917 bits per heavy atom. The number of hydrogen-bond donors (Lipinski definition) is 1. The molecule has 5 aliphatic carbocycles. The van der Waals surface area contributed by atoms with E-state index < -0.39 is 11.5 Å². The van der Waals surface area contributed by atoms with Gasteiger partial charge in [-0.05, 0) is 103 Å². The molecule has 4 nitrogen and oxygen atoms in total. The van der Waals surface area contributed by atoms with Crippen LogP contribution in [0.15, 0.2) is 11.6 Å². The average molecular weight is 501 g/mol. The highest BCUT2D eigenvalue weighted by molar-refractivity contribution is 5.79. The molecule has 0 bridgehead atoms. The number of aliphatic hydroxyl groups is 1. The van der Waals surface area contributed by atoms with Crippen molar-refractivity contribution in [2.45, 2.75) is 118 Å². The highest BCUT2D eigenvalue weighted by Gasteiger charge is 2.71. The number of carbonyl (C=O) groups is 1. The first-order valence-electron chi connectivity index (χ1n) is 14.6. The molecule has 36 heavy (non-hydrogen) atoms. The fraction of sp³-hybridized carbons (Fsp3) is 0.906. The highest BCUT2D eigenvalue weighted by Crippen LogP contribution is 2.75. The molecule has 1 N–H and O–H groups in total. The molecular weight excluding hydrogens is 448 g/mol. The third-order valence-electron chi connectivity index (χ3n) is 13.5. The van der Waals surface area contributed by atoms with Gasteiger partial charge in [0.05, 0.1) is 19.3 Å². The average Bonchev–Trinajstić information content (AvgIpc) is 2.78. The molecule has 5 aliphatic rings. The van der Waals surface area contributed by atoms with Crippen LogP contribution in [0.3, 0.4) is 0 Å². The van der Waals surface area contributed by atoms with Crippen molar-refractivity contribution in [1.82, 2.24) is 0 Å². The Kier molecular flexibility index (Phi) is 5.99. The molecule has 0 unspecified atom stereocenters. The number of carbonyl (C=O) groups excluding carboxylic acids is 1. The van der Waals surface area contributed by atoms with Crippen molar-refractivity contribution in [1.29, 1.82) is 0 Å². The van der Waals surface area contributed by atoms with Crippen molar-refractivity contribution in [2.75, 3.05) is 14.2 Å². The summed E-state index contributed by atoms with van der Waals surface area (Å²) in [5.74, 6) is 1.08. The van der Waals surface area contributed by atoms with E-state index >= 15 is 0 Å². The van der Waals surface area contributed by atoms with E-state index in [9.17, 15) is 9.90 Å². The first kappa shape index (κ1) is 26.7. The second-order valence-electron chi connectivity index (χ2n) is 15.6. The maximum absolute atomic E-state index is 13.4. The number of fused-ring (bicyclic) bond motifs is 7. The number of ether oxygens (including phenoxy) is 2. The second-order valence-corrected chi connectivity index (χ2v) is 15.6. The van der Waals surface area contributed by atoms with E-state index in [4.69, 9.17) is 9.47 Å². The van der Waals surface area contributed by atoms with Gasteiger partial charge in [-0.3, -0.25) is 4.79 Å². The van der Waals surface area contributed by atoms with E-state index in [0.717, 1.165) is 32.1 Å². The van der Waals surface area contributed by atoms with Gasteiger partial charge in [-0.2, -0.15) is 0 Å². The lowest BCUT2D eigenvalue weighted by molar-refractivity contribution is -0.222. The molecule has 0 aromatic rings. The van der Waals surface area contributed by atoms with Crippen molar-refractivity contribution < 1.29 is 19.4 Å². The van der Waals surface area contributed by atoms with Crippen LogP contribution in [0, 0.1) is 50.2 Å². The van der Waals surface area contributed by atoms with Crippen LogP contribution in [-0.4, -0.2) is 37.5 Å². The summed E-state index contributed by atoms with van der Waals surface area (Å²) in [6.07, 6.45) is 11.3. The van der Waals surface area contributed by atoms with Gasteiger partial charge >= 0.3 is 5.97 Å². The van der Waals surface area contributed by atoms with Crippen LogP contribution in [0.1, 0.15) is 106 Å². The van der Waals surface area contributed by atoms with Gasteiger partial charge in [-0.15, -0.1) is 0 Å². The SMILES string of the molecule is COC(=O)[C@]12CCC(C)(C)C[C@H]1C1=CC[C@@H]3[C@@]4(C)CC[C@H](OC)C(C)(C)[C@@H]4CC[C@@]3(C)[C@]1(C)C[C@H]2O. The Hall–Kier alpha value is -0.870. The lowest BCUT2D eigenvalue weighted by Crippen LogP contribution is -2.67. The smallest absolute Gasteiger partial charge is 0.315 e. The van der Waals surface area contributed by atoms with Crippen LogP contribution >= 0.6 is 0 Å². The zero-order chi connectivity index (χ0) is 26.5. The van der Waals surface area contributed by atoms with Crippen LogP contribution < -0.4 is 0 Å². The highest BCUT2D eigenvalue weighted by atomic mass is 16.5. The molecule has 4 heteroatoms. The van der Waals surface area contributed by atoms with Crippen LogP contribution in [0.2, 0.25) is 0 Å². The quantitative estimate of drug-likeness (QED) is 0.329. The van der Waals surface area contributed by atoms with Gasteiger partial charge < -0.3 is 14.6 Å². The van der Waals surface area contributed by atoms with Crippen LogP contribution in [0.5, 0.6) is 0 Å². The van der Waals surface area contributed by atoms with Gasteiger partial charge in [0.2, 0.25) is 0 Å². The Bertz CT molecular complexity index is 950. The second kappa shape index (κ2) is 8.07. The summed E-state index contributed by atoms with van der Waals surface area (Å²) in [7, 11) is 3.39. The summed E-state index contributed by atoms with van der Waals surface area (Å²) >= 11 is 0. The summed E-state index contributed by atoms with van der Waals surface area (Å²) in [5.41, 5.74) is 1.24. The number of allylic oxidation sites excluding steroid dienone is 2. The third-order valence-corrected chi connectivity index (χ3v) is 13.5. The molecule has 9 atom stereocenters. The zero-order valence-electron chi connectivity index (χ0n) is 24.5. The number of methoxy groups -OCH3 is 2. The fourth-order valence-electron chi connectivity index (χ4n) is 11.3. The standard InChI is InChI=1S/C32H52O4/c1-27(2)16-17-32(26(34)36-9)21(18-27)20-10-11-23-29(5)14-13-25(35-8)28(3,4)22(29)12-15-30(23,6)31(20,7)19-24(32)33/h10,21-25,33H,11-19H2,1-9H3/t21-,22-,23+,24+,25-,29-,30+,31+,32+/m0/s1. The minimum absolute atomic E-state index is 0.0615. The van der Waals surface area contributed by atoms with Gasteiger partial charge in [0.25, 0.3) is 0 Å². The summed E-state index contributed by atoms with van der Waals surface area (Å²) in [6, 6.07) is 0. The minimum atomic E-state index is -0.793. The third kappa shape index (κ3) is 3.15. The topological polar surface area (TPSA) is 55.8 Å². The monoisotopic (exact) mass is 500 g/mol. The van der Waals surface area contributed by atoms with Crippen molar-refractivity contribution in [3.63, 3.8) is 0 Å². The van der Waals surface area contributed by atoms with Gasteiger partial charge in [-0.25, -0.2) is 0 Å². The molecule has 0 amide bonds. The molecule has 4 fully saturated rings. The molecule has 4 saturated carbocycles. The minimum Gasteiger partial charge on any atom is -0.468 e. The maximum Gasteiger partial charge on any atom is 0.315 e. The Labute approximate surface area is 220 Å². The normalized spacial score (nSPS) is 51.1. The van der Waals surface area contributed by atoms with E-state index in [-0.39, 0.29) is 39.0 Å². The summed E-state index contributed by atoms with van der Waals surface area (Å²) < 4.78 is 11.4. The predicted molar refractivity (Wildman–Crippen MR) is 143 cm³/mol. The van der Waals surface area contributed by atoms with E-state index in [1.807, 2.05) is 7.11 Å². The number of hydrogen-bond acceptors (Lipinski definition) is 4. The van der Waals surface area contributed by atoms with Gasteiger partial charge in [0.15, 0.2) is 0 Å². The van der Waals surface area contributed by atoms with Crippen LogP contribution in [-0.2, 0) is 14.3 Å². The van der Waals surface area contributed by atoms with Gasteiger partial charge in [0.1, 0.15) is 5.41 Å². The Balaban J connectivity index is 1.61. The lowest BCUT2D eigenvalue weighted by Gasteiger charge is -2.71. The van der Waals surface area contributed by atoms with E-state index in [1.165, 1.54) is 31.9 Å². The fourth-order valence-corrected chi connectivity index (χ4v) is 11.3. The van der Waals surface area contributed by atoms with E-state index in [1.54, 1.807) is 0 Å². The molecular formula is C32H52O4. The first-order chi connectivity index (χ1) is 16.6. The van der Waals surface area contributed by atoms with E-state index in [0.29, 0.717) is 24.4 Å². The molecule has 0 spiro atoms. The summed E-state index contributed by atoms with van der Waals surface area (Å²) in [5, 5.41) is 11.9. The van der Waals surface area contributed by atoms with Gasteiger partial charge in [-0.1, -0.05) is 60.1 Å². The predicted octanol–water partition coefficient (Wildman–Crippen LogP) is 6.95. The largest absolute Gasteiger partial charge is 0.468 e. The number of esters is 1. The maximum atomic E-state index is 13.4. The molecule has 0 radical (unpaired) electrons. The van der Waals surface area contributed by atoms with Crippen molar-refractivity contribution >= 4 is 5.97 Å². The molecule has 204 valence electrons. The Morgan fingerprint density at radius 3 is 2.25 bits per heavy atom. The summed E-state index contributed by atoms with van der Waals surface area (Å²) in [4.78, 5) is 13.4. The zero-order valence-corrected chi connectivity index (χ0v) is 24.5. The van der Waals surface area contributed by atoms with Crippen molar-refractivity contribution in [3.05, 3.63) is 11.6 Å². The van der Waals surface area contributed by atoms with Crippen molar-refractivity contribution in [3.8, 4) is 0 Å². The molecule has 0 aromatic carbocycles. The molecule has 0 aliphatic heterocycles.